The fraction of sp³-hybridized carbons (Fsp3) is 0.529. The SMILES string of the molecule is CC(C)c1nc2ccc(NC(=O)[C@H]3CCN[C@@H](C)C3)cc2s1.Cl. The van der Waals surface area contributed by atoms with Crippen molar-refractivity contribution in [3.05, 3.63) is 23.2 Å². The molecule has 126 valence electrons. The lowest BCUT2D eigenvalue weighted by Gasteiger charge is -2.27. The third-order valence-electron chi connectivity index (χ3n) is 4.16. The van der Waals surface area contributed by atoms with Crippen LogP contribution in [0.4, 0.5) is 5.69 Å². The number of nitrogens with one attached hydrogen (secondary N) is 2. The zero-order valence-corrected chi connectivity index (χ0v) is 15.4. The van der Waals surface area contributed by atoms with Crippen LogP contribution in [0.3, 0.4) is 0 Å². The predicted octanol–water partition coefficient (Wildman–Crippen LogP) is 4.17. The highest BCUT2D eigenvalue weighted by atomic mass is 35.5. The Morgan fingerprint density at radius 1 is 1.43 bits per heavy atom. The molecule has 0 radical (unpaired) electrons. The summed E-state index contributed by atoms with van der Waals surface area (Å²) < 4.78 is 1.14. The van der Waals surface area contributed by atoms with Crippen LogP contribution in [0.25, 0.3) is 10.2 Å². The molecule has 1 fully saturated rings. The van der Waals surface area contributed by atoms with E-state index >= 15 is 0 Å². The molecular weight excluding hydrogens is 330 g/mol. The molecule has 6 heteroatoms. The zero-order chi connectivity index (χ0) is 15.7. The second kappa shape index (κ2) is 7.60. The van der Waals surface area contributed by atoms with Gasteiger partial charge in [-0.25, -0.2) is 4.98 Å². The van der Waals surface area contributed by atoms with E-state index in [0.717, 1.165) is 40.3 Å². The minimum atomic E-state index is 0. The number of rotatable bonds is 3. The lowest BCUT2D eigenvalue weighted by Crippen LogP contribution is -2.40. The second-order valence-electron chi connectivity index (χ2n) is 6.46. The molecule has 2 atom stereocenters. The number of hydrogen-bond acceptors (Lipinski definition) is 4. The Morgan fingerprint density at radius 2 is 2.22 bits per heavy atom. The number of aromatic nitrogens is 1. The molecule has 1 aliphatic rings. The number of carbonyl (C=O) groups excluding carboxylic acids is 1. The first-order valence-electron chi connectivity index (χ1n) is 7.97. The fourth-order valence-electron chi connectivity index (χ4n) is 2.88. The van der Waals surface area contributed by atoms with Crippen LogP contribution in [0.1, 0.15) is 44.5 Å². The number of halogens is 1. The number of benzene rings is 1. The maximum Gasteiger partial charge on any atom is 0.227 e. The summed E-state index contributed by atoms with van der Waals surface area (Å²) in [6.45, 7) is 7.36. The number of anilines is 1. The summed E-state index contributed by atoms with van der Waals surface area (Å²) in [5, 5.41) is 7.60. The van der Waals surface area contributed by atoms with Gasteiger partial charge < -0.3 is 10.6 Å². The normalized spacial score (nSPS) is 21.2. The Hall–Kier alpha value is -1.17. The maximum atomic E-state index is 12.4. The molecule has 0 aliphatic carbocycles. The lowest BCUT2D eigenvalue weighted by molar-refractivity contribution is -0.120. The molecule has 3 rings (SSSR count). The Morgan fingerprint density at radius 3 is 2.91 bits per heavy atom. The second-order valence-corrected chi connectivity index (χ2v) is 7.52. The van der Waals surface area contributed by atoms with E-state index in [4.69, 9.17) is 0 Å². The minimum absolute atomic E-state index is 0. The number of hydrogen-bond donors (Lipinski definition) is 2. The third kappa shape index (κ3) is 4.22. The molecule has 1 aromatic heterocycles. The van der Waals surface area contributed by atoms with Crippen LogP contribution in [0.2, 0.25) is 0 Å². The highest BCUT2D eigenvalue weighted by Gasteiger charge is 2.24. The van der Waals surface area contributed by atoms with Gasteiger partial charge in [-0.1, -0.05) is 13.8 Å². The number of amides is 1. The number of fused-ring (bicyclic) bond motifs is 1. The van der Waals surface area contributed by atoms with Crippen molar-refractivity contribution >= 4 is 45.6 Å². The molecule has 1 saturated heterocycles. The molecule has 2 aromatic rings. The first-order valence-corrected chi connectivity index (χ1v) is 8.79. The number of thiazole rings is 1. The van der Waals surface area contributed by atoms with E-state index in [0.29, 0.717) is 12.0 Å². The van der Waals surface area contributed by atoms with Gasteiger partial charge in [0, 0.05) is 23.6 Å². The first-order chi connectivity index (χ1) is 10.5. The summed E-state index contributed by atoms with van der Waals surface area (Å²) in [5.74, 6) is 0.688. The molecule has 0 spiro atoms. The van der Waals surface area contributed by atoms with Crippen LogP contribution in [-0.4, -0.2) is 23.5 Å². The third-order valence-corrected chi connectivity index (χ3v) is 5.48. The van der Waals surface area contributed by atoms with Crippen LogP contribution in [0, 0.1) is 5.92 Å². The summed E-state index contributed by atoms with van der Waals surface area (Å²) in [6, 6.07) is 6.41. The highest BCUT2D eigenvalue weighted by Crippen LogP contribution is 2.29. The standard InChI is InChI=1S/C17H23N3OS.ClH/c1-10(2)17-20-14-5-4-13(9-15(14)22-17)19-16(21)12-6-7-18-11(3)8-12;/h4-5,9-12,18H,6-8H2,1-3H3,(H,19,21);1H/t11-,12-;/m0./s1. The van der Waals surface area contributed by atoms with Gasteiger partial charge >= 0.3 is 0 Å². The van der Waals surface area contributed by atoms with Gasteiger partial charge in [0.1, 0.15) is 0 Å². The van der Waals surface area contributed by atoms with Gasteiger partial charge in [-0.05, 0) is 44.5 Å². The molecular formula is C17H24ClN3OS. The quantitative estimate of drug-likeness (QED) is 0.870. The summed E-state index contributed by atoms with van der Waals surface area (Å²) in [7, 11) is 0. The van der Waals surface area contributed by atoms with Gasteiger partial charge in [0.05, 0.1) is 15.2 Å². The summed E-state index contributed by atoms with van der Waals surface area (Å²) in [5.41, 5.74) is 1.89. The average Bonchev–Trinajstić information content (AvgIpc) is 2.90. The van der Waals surface area contributed by atoms with Crippen LogP contribution in [0.15, 0.2) is 18.2 Å². The fourth-order valence-corrected chi connectivity index (χ4v) is 3.89. The largest absolute Gasteiger partial charge is 0.326 e. The van der Waals surface area contributed by atoms with Gasteiger partial charge in [0.2, 0.25) is 5.91 Å². The van der Waals surface area contributed by atoms with Crippen molar-refractivity contribution in [2.75, 3.05) is 11.9 Å². The van der Waals surface area contributed by atoms with Crippen molar-refractivity contribution in [3.8, 4) is 0 Å². The zero-order valence-electron chi connectivity index (χ0n) is 13.8. The molecule has 0 saturated carbocycles. The molecule has 2 N–H and O–H groups in total. The van der Waals surface area contributed by atoms with Crippen LogP contribution in [-0.2, 0) is 4.79 Å². The van der Waals surface area contributed by atoms with Gasteiger partial charge in [0.15, 0.2) is 0 Å². The molecule has 23 heavy (non-hydrogen) atoms. The number of piperidine rings is 1. The van der Waals surface area contributed by atoms with E-state index in [1.54, 1.807) is 11.3 Å². The van der Waals surface area contributed by atoms with Gasteiger partial charge in [0.25, 0.3) is 0 Å². The van der Waals surface area contributed by atoms with Crippen molar-refractivity contribution in [2.45, 2.75) is 45.6 Å². The Bertz CT molecular complexity index is 686. The summed E-state index contributed by atoms with van der Waals surface area (Å²) in [6.07, 6.45) is 1.82. The predicted molar refractivity (Wildman–Crippen MR) is 99.8 cm³/mol. The molecule has 2 heterocycles. The van der Waals surface area contributed by atoms with Crippen molar-refractivity contribution < 1.29 is 4.79 Å². The minimum Gasteiger partial charge on any atom is -0.326 e. The van der Waals surface area contributed by atoms with E-state index in [9.17, 15) is 4.79 Å². The van der Waals surface area contributed by atoms with Crippen LogP contribution in [0.5, 0.6) is 0 Å². The van der Waals surface area contributed by atoms with E-state index < -0.39 is 0 Å². The van der Waals surface area contributed by atoms with Gasteiger partial charge in [-0.3, -0.25) is 4.79 Å². The first kappa shape index (κ1) is 18.2. The van der Waals surface area contributed by atoms with Crippen LogP contribution >= 0.6 is 23.7 Å². The number of carbonyl (C=O) groups is 1. The molecule has 1 aromatic carbocycles. The van der Waals surface area contributed by atoms with Crippen molar-refractivity contribution in [2.24, 2.45) is 5.92 Å². The smallest absolute Gasteiger partial charge is 0.227 e. The highest BCUT2D eigenvalue weighted by molar-refractivity contribution is 7.18. The van der Waals surface area contributed by atoms with E-state index in [1.165, 1.54) is 0 Å². The topological polar surface area (TPSA) is 54.0 Å². The molecule has 1 amide bonds. The van der Waals surface area contributed by atoms with E-state index in [-0.39, 0.29) is 24.2 Å². The number of nitrogens with zero attached hydrogens (tertiary/aromatic N) is 1. The lowest BCUT2D eigenvalue weighted by atomic mass is 9.92. The van der Waals surface area contributed by atoms with Crippen LogP contribution < -0.4 is 10.6 Å². The molecule has 0 bridgehead atoms. The van der Waals surface area contributed by atoms with E-state index in [2.05, 4.69) is 36.4 Å². The monoisotopic (exact) mass is 353 g/mol. The van der Waals surface area contributed by atoms with Crippen molar-refractivity contribution in [1.82, 2.24) is 10.3 Å². The maximum absolute atomic E-state index is 12.4. The molecule has 4 nitrogen and oxygen atoms in total. The van der Waals surface area contributed by atoms with Gasteiger partial charge in [-0.15, -0.1) is 23.7 Å². The van der Waals surface area contributed by atoms with Gasteiger partial charge in [-0.2, -0.15) is 0 Å². The Kier molecular flexibility index (Phi) is 6.00. The summed E-state index contributed by atoms with van der Waals surface area (Å²) in [4.78, 5) is 17.0. The summed E-state index contributed by atoms with van der Waals surface area (Å²) >= 11 is 1.71. The van der Waals surface area contributed by atoms with Crippen molar-refractivity contribution in [1.29, 1.82) is 0 Å². The van der Waals surface area contributed by atoms with E-state index in [1.807, 2.05) is 18.2 Å². The van der Waals surface area contributed by atoms with Crippen molar-refractivity contribution in [3.63, 3.8) is 0 Å². The molecule has 1 aliphatic heterocycles. The Balaban J connectivity index is 0.00000192. The average molecular weight is 354 g/mol. The Labute approximate surface area is 147 Å². The molecule has 0 unspecified atom stereocenters.